The Labute approximate surface area is 94.8 Å². The van der Waals surface area contributed by atoms with Gasteiger partial charge in [0.2, 0.25) is 0 Å². The number of nitrogens with two attached hydrogens (primary N) is 1. The van der Waals surface area contributed by atoms with Crippen LogP contribution in [0.5, 0.6) is 0 Å². The zero-order valence-corrected chi connectivity index (χ0v) is 9.18. The summed E-state index contributed by atoms with van der Waals surface area (Å²) in [5.41, 5.74) is 8.69. The molecule has 0 bridgehead atoms. The predicted octanol–water partition coefficient (Wildman–Crippen LogP) is 2.14. The van der Waals surface area contributed by atoms with E-state index in [0.29, 0.717) is 11.3 Å². The van der Waals surface area contributed by atoms with Crippen LogP contribution < -0.4 is 5.73 Å². The summed E-state index contributed by atoms with van der Waals surface area (Å²) < 4.78 is 0.816. The van der Waals surface area contributed by atoms with Gasteiger partial charge >= 0.3 is 0 Å². The van der Waals surface area contributed by atoms with Crippen molar-refractivity contribution in [1.82, 2.24) is 10.2 Å². The van der Waals surface area contributed by atoms with Crippen molar-refractivity contribution in [2.24, 2.45) is 0 Å². The third kappa shape index (κ3) is 2.26. The highest BCUT2D eigenvalue weighted by molar-refractivity contribution is 8.01. The van der Waals surface area contributed by atoms with Crippen molar-refractivity contribution in [3.05, 3.63) is 29.3 Å². The molecule has 0 spiro atoms. The van der Waals surface area contributed by atoms with E-state index in [-0.39, 0.29) is 0 Å². The molecule has 0 unspecified atom stereocenters. The smallest absolute Gasteiger partial charge is 0.178 e. The van der Waals surface area contributed by atoms with Gasteiger partial charge in [-0.25, -0.2) is 0 Å². The van der Waals surface area contributed by atoms with Crippen LogP contribution in [0.2, 0.25) is 0 Å². The molecule has 2 rings (SSSR count). The molecule has 0 radical (unpaired) electrons. The summed E-state index contributed by atoms with van der Waals surface area (Å²) in [6, 6.07) is 7.24. The minimum Gasteiger partial charge on any atom is -0.398 e. The molecule has 1 aromatic carbocycles. The fourth-order valence-corrected chi connectivity index (χ4v) is 2.51. The molecular weight excluding hydrogens is 228 g/mol. The maximum absolute atomic E-state index is 8.75. The lowest BCUT2D eigenvalue weighted by Gasteiger charge is -2.02. The van der Waals surface area contributed by atoms with Crippen molar-refractivity contribution in [1.29, 1.82) is 5.26 Å². The highest BCUT2D eigenvalue weighted by atomic mass is 32.2. The molecule has 2 aromatic rings. The van der Waals surface area contributed by atoms with Crippen molar-refractivity contribution in [3.63, 3.8) is 0 Å². The molecule has 4 nitrogen and oxygen atoms in total. The van der Waals surface area contributed by atoms with Crippen molar-refractivity contribution in [2.45, 2.75) is 9.24 Å². The zero-order chi connectivity index (χ0) is 10.7. The number of nitriles is 1. The van der Waals surface area contributed by atoms with E-state index in [1.165, 1.54) is 23.1 Å². The lowest BCUT2D eigenvalue weighted by Crippen LogP contribution is -1.89. The maximum atomic E-state index is 8.75. The van der Waals surface area contributed by atoms with Crippen LogP contribution in [0, 0.1) is 11.3 Å². The molecule has 0 aliphatic heterocycles. The molecule has 0 saturated heterocycles. The van der Waals surface area contributed by atoms with Gasteiger partial charge in [-0.15, -0.1) is 10.2 Å². The van der Waals surface area contributed by atoms with E-state index in [1.54, 1.807) is 23.7 Å². The molecular formula is C9H6N4S2. The number of hydrogen-bond acceptors (Lipinski definition) is 6. The van der Waals surface area contributed by atoms with Crippen LogP contribution in [0.4, 0.5) is 5.69 Å². The molecule has 2 N–H and O–H groups in total. The Bertz CT molecular complexity index is 501. The SMILES string of the molecule is N#Cc1ccc(N)c(Sc2nncs2)c1. The number of aromatic nitrogens is 2. The normalized spacial score (nSPS) is 9.80. The van der Waals surface area contributed by atoms with Crippen molar-refractivity contribution in [3.8, 4) is 6.07 Å². The minimum atomic E-state index is 0.594. The third-order valence-corrected chi connectivity index (χ3v) is 3.53. The van der Waals surface area contributed by atoms with Gasteiger partial charge in [-0.1, -0.05) is 23.1 Å². The van der Waals surface area contributed by atoms with Gasteiger partial charge in [-0.3, -0.25) is 0 Å². The number of benzene rings is 1. The van der Waals surface area contributed by atoms with E-state index in [1.807, 2.05) is 0 Å². The van der Waals surface area contributed by atoms with Crippen LogP contribution in [0.25, 0.3) is 0 Å². The van der Waals surface area contributed by atoms with Gasteiger partial charge in [0.15, 0.2) is 4.34 Å². The number of rotatable bonds is 2. The molecule has 0 atom stereocenters. The molecule has 6 heteroatoms. The summed E-state index contributed by atoms with van der Waals surface area (Å²) in [4.78, 5) is 0.839. The molecule has 1 heterocycles. The topological polar surface area (TPSA) is 75.6 Å². The lowest BCUT2D eigenvalue weighted by atomic mass is 10.2. The molecule has 1 aromatic heterocycles. The highest BCUT2D eigenvalue weighted by Gasteiger charge is 2.05. The van der Waals surface area contributed by atoms with Crippen LogP contribution in [-0.4, -0.2) is 10.2 Å². The van der Waals surface area contributed by atoms with E-state index in [4.69, 9.17) is 11.0 Å². The first-order valence-corrected chi connectivity index (χ1v) is 5.73. The van der Waals surface area contributed by atoms with Crippen LogP contribution in [0.3, 0.4) is 0 Å². The summed E-state index contributed by atoms with van der Waals surface area (Å²) >= 11 is 2.86. The van der Waals surface area contributed by atoms with E-state index in [9.17, 15) is 0 Å². The first-order valence-electron chi connectivity index (χ1n) is 4.03. The van der Waals surface area contributed by atoms with Gasteiger partial charge in [0, 0.05) is 10.6 Å². The second-order valence-electron chi connectivity index (χ2n) is 2.67. The van der Waals surface area contributed by atoms with E-state index in [0.717, 1.165) is 9.24 Å². The van der Waals surface area contributed by atoms with Gasteiger partial charge in [0.25, 0.3) is 0 Å². The zero-order valence-electron chi connectivity index (χ0n) is 7.54. The summed E-state index contributed by atoms with van der Waals surface area (Å²) in [6.07, 6.45) is 0. The predicted molar refractivity (Wildman–Crippen MR) is 59.6 cm³/mol. The largest absolute Gasteiger partial charge is 0.398 e. The van der Waals surface area contributed by atoms with E-state index in [2.05, 4.69) is 16.3 Å². The van der Waals surface area contributed by atoms with Crippen LogP contribution >= 0.6 is 23.1 Å². The van der Waals surface area contributed by atoms with E-state index >= 15 is 0 Å². The first kappa shape index (κ1) is 9.96. The Morgan fingerprint density at radius 2 is 2.33 bits per heavy atom. The van der Waals surface area contributed by atoms with Crippen molar-refractivity contribution < 1.29 is 0 Å². The monoisotopic (exact) mass is 234 g/mol. The van der Waals surface area contributed by atoms with Crippen molar-refractivity contribution in [2.75, 3.05) is 5.73 Å². The second kappa shape index (κ2) is 4.29. The molecule has 15 heavy (non-hydrogen) atoms. The maximum Gasteiger partial charge on any atom is 0.178 e. The Morgan fingerprint density at radius 1 is 1.47 bits per heavy atom. The van der Waals surface area contributed by atoms with Crippen LogP contribution in [0.15, 0.2) is 32.9 Å². The van der Waals surface area contributed by atoms with Gasteiger partial charge in [-0.2, -0.15) is 5.26 Å². The lowest BCUT2D eigenvalue weighted by molar-refractivity contribution is 1.01. The molecule has 74 valence electrons. The highest BCUT2D eigenvalue weighted by Crippen LogP contribution is 2.33. The summed E-state index contributed by atoms with van der Waals surface area (Å²) in [5.74, 6) is 0. The summed E-state index contributed by atoms with van der Waals surface area (Å²) in [7, 11) is 0. The van der Waals surface area contributed by atoms with Crippen molar-refractivity contribution >= 4 is 28.8 Å². The molecule has 0 aliphatic carbocycles. The van der Waals surface area contributed by atoms with Gasteiger partial charge in [0.05, 0.1) is 11.6 Å². The Hall–Kier alpha value is -1.58. The van der Waals surface area contributed by atoms with Gasteiger partial charge in [0.1, 0.15) is 5.51 Å². The number of nitrogen functional groups attached to an aromatic ring is 1. The van der Waals surface area contributed by atoms with Gasteiger partial charge in [-0.05, 0) is 18.2 Å². The van der Waals surface area contributed by atoms with E-state index < -0.39 is 0 Å². The average molecular weight is 234 g/mol. The standard InChI is InChI=1S/C9H6N4S2/c10-4-6-1-2-7(11)8(3-6)15-9-13-12-5-14-9/h1-3,5H,11H2. The Kier molecular flexibility index (Phi) is 2.85. The first-order chi connectivity index (χ1) is 7.29. The number of hydrogen-bond donors (Lipinski definition) is 1. The molecule has 0 saturated carbocycles. The fourth-order valence-electron chi connectivity index (χ4n) is 0.994. The van der Waals surface area contributed by atoms with Crippen LogP contribution in [-0.2, 0) is 0 Å². The number of nitrogens with zero attached hydrogens (tertiary/aromatic N) is 3. The third-order valence-electron chi connectivity index (χ3n) is 1.68. The molecule has 0 amide bonds. The Morgan fingerprint density at radius 3 is 3.00 bits per heavy atom. The Balaban J connectivity index is 2.32. The average Bonchev–Trinajstić information content (AvgIpc) is 2.74. The fraction of sp³-hybridized carbons (Fsp3) is 0. The summed E-state index contributed by atoms with van der Waals surface area (Å²) in [5, 5.41) is 16.4. The summed E-state index contributed by atoms with van der Waals surface area (Å²) in [6.45, 7) is 0. The second-order valence-corrected chi connectivity index (χ2v) is 4.79. The quantitative estimate of drug-likeness (QED) is 0.806. The van der Waals surface area contributed by atoms with Crippen LogP contribution in [0.1, 0.15) is 5.56 Å². The number of anilines is 1. The van der Waals surface area contributed by atoms with Gasteiger partial charge < -0.3 is 5.73 Å². The molecule has 0 fully saturated rings. The molecule has 0 aliphatic rings. The minimum absolute atomic E-state index is 0.594.